The predicted molar refractivity (Wildman–Crippen MR) is 188 cm³/mol. The molecule has 1 aromatic heterocycles. The normalized spacial score (nSPS) is 24.4. The molecule has 2 aliphatic carbocycles. The SMILES string of the molecule is CCOc1ccc(-c2nc(C3(C)CCCC(C4=NC=NCC(C)=C4/C=C(\CN)C4=CC=C(C(N)=O)C(C)C4)CCC3)[nH]c2C)cc1. The zero-order chi connectivity index (χ0) is 32.8. The van der Waals surface area contributed by atoms with Gasteiger partial charge < -0.3 is 21.2 Å². The maximum atomic E-state index is 11.8. The number of aromatic amines is 1. The molecule has 5 rings (SSSR count). The summed E-state index contributed by atoms with van der Waals surface area (Å²) in [5.74, 6) is 2.01. The van der Waals surface area contributed by atoms with E-state index in [4.69, 9.17) is 26.2 Å². The first kappa shape index (κ1) is 33.3. The Morgan fingerprint density at radius 2 is 1.85 bits per heavy atom. The summed E-state index contributed by atoms with van der Waals surface area (Å²) >= 11 is 0. The summed E-state index contributed by atoms with van der Waals surface area (Å²) < 4.78 is 5.63. The fraction of sp³-hybridized carbons (Fsp3) is 0.474. The van der Waals surface area contributed by atoms with Crippen molar-refractivity contribution in [2.24, 2.45) is 33.3 Å². The van der Waals surface area contributed by atoms with Gasteiger partial charge in [0.1, 0.15) is 17.9 Å². The number of hydrogen-bond acceptors (Lipinski definition) is 6. The van der Waals surface area contributed by atoms with Gasteiger partial charge in [-0.1, -0.05) is 38.8 Å². The number of allylic oxidation sites excluding steroid dienone is 4. The number of nitrogens with one attached hydrogen (secondary N) is 1. The summed E-state index contributed by atoms with van der Waals surface area (Å²) in [5.41, 5.74) is 21.5. The minimum atomic E-state index is -0.356. The Bertz CT molecular complexity index is 1610. The zero-order valence-corrected chi connectivity index (χ0v) is 28.2. The summed E-state index contributed by atoms with van der Waals surface area (Å²) in [7, 11) is 0. The van der Waals surface area contributed by atoms with Crippen LogP contribution in [0.15, 0.2) is 80.3 Å². The van der Waals surface area contributed by atoms with Crippen molar-refractivity contribution in [3.8, 4) is 17.0 Å². The largest absolute Gasteiger partial charge is 0.494 e. The van der Waals surface area contributed by atoms with Gasteiger partial charge >= 0.3 is 0 Å². The van der Waals surface area contributed by atoms with E-state index in [2.05, 4.69) is 49.0 Å². The number of aryl methyl sites for hydroxylation is 1. The van der Waals surface area contributed by atoms with Crippen LogP contribution in [0.25, 0.3) is 11.3 Å². The average molecular weight is 623 g/mol. The van der Waals surface area contributed by atoms with Crippen LogP contribution in [0.3, 0.4) is 0 Å². The molecule has 0 radical (unpaired) electrons. The molecule has 244 valence electrons. The minimum Gasteiger partial charge on any atom is -0.494 e. The van der Waals surface area contributed by atoms with E-state index in [-0.39, 0.29) is 17.2 Å². The Balaban J connectivity index is 1.34. The number of aromatic nitrogens is 2. The van der Waals surface area contributed by atoms with Crippen molar-refractivity contribution in [3.63, 3.8) is 0 Å². The van der Waals surface area contributed by atoms with Crippen molar-refractivity contribution in [3.05, 3.63) is 81.9 Å². The number of imidazole rings is 1. The van der Waals surface area contributed by atoms with Gasteiger partial charge in [-0.05, 0) is 111 Å². The van der Waals surface area contributed by atoms with Gasteiger partial charge in [0.05, 0.1) is 24.6 Å². The van der Waals surface area contributed by atoms with Gasteiger partial charge in [0.25, 0.3) is 0 Å². The van der Waals surface area contributed by atoms with Crippen LogP contribution in [0.1, 0.15) is 84.2 Å². The highest BCUT2D eigenvalue weighted by Gasteiger charge is 2.34. The number of aliphatic imine (C=N–C) groups is 2. The third kappa shape index (κ3) is 7.33. The molecule has 2 aromatic rings. The van der Waals surface area contributed by atoms with Crippen molar-refractivity contribution in [2.45, 2.75) is 85.0 Å². The zero-order valence-electron chi connectivity index (χ0n) is 28.2. The second-order valence-electron chi connectivity index (χ2n) is 13.4. The topological polar surface area (TPSA) is 132 Å². The lowest BCUT2D eigenvalue weighted by Crippen LogP contribution is -2.28. The fourth-order valence-electron chi connectivity index (χ4n) is 7.22. The van der Waals surface area contributed by atoms with Crippen molar-refractivity contribution in [1.29, 1.82) is 0 Å². The number of primary amides is 1. The lowest BCUT2D eigenvalue weighted by Gasteiger charge is -2.32. The lowest BCUT2D eigenvalue weighted by molar-refractivity contribution is -0.115. The molecule has 0 spiro atoms. The van der Waals surface area contributed by atoms with Gasteiger partial charge in [-0.3, -0.25) is 9.79 Å². The van der Waals surface area contributed by atoms with Crippen LogP contribution in [0.2, 0.25) is 0 Å². The van der Waals surface area contributed by atoms with Gasteiger partial charge in [0.2, 0.25) is 5.91 Å². The molecule has 3 aliphatic rings. The number of hydrogen-bond donors (Lipinski definition) is 3. The highest BCUT2D eigenvalue weighted by atomic mass is 16.5. The van der Waals surface area contributed by atoms with E-state index in [1.807, 2.05) is 38.1 Å². The Morgan fingerprint density at radius 3 is 2.48 bits per heavy atom. The summed E-state index contributed by atoms with van der Waals surface area (Å²) in [6.45, 7) is 12.4. The van der Waals surface area contributed by atoms with Gasteiger partial charge in [-0.15, -0.1) is 0 Å². The van der Waals surface area contributed by atoms with Crippen molar-refractivity contribution in [2.75, 3.05) is 19.7 Å². The number of carbonyl (C=O) groups excluding carboxylic acids is 1. The molecular formula is C38H50N6O2. The first-order valence-electron chi connectivity index (χ1n) is 16.8. The van der Waals surface area contributed by atoms with Crippen LogP contribution in [-0.4, -0.2) is 47.6 Å². The average Bonchev–Trinajstić information content (AvgIpc) is 3.33. The number of carbonyl (C=O) groups is 1. The summed E-state index contributed by atoms with van der Waals surface area (Å²) in [6.07, 6.45) is 15.0. The molecule has 2 heterocycles. The summed E-state index contributed by atoms with van der Waals surface area (Å²) in [6, 6.07) is 8.23. The van der Waals surface area contributed by atoms with E-state index in [0.29, 0.717) is 31.2 Å². The van der Waals surface area contributed by atoms with E-state index in [9.17, 15) is 4.79 Å². The maximum absolute atomic E-state index is 11.8. The van der Waals surface area contributed by atoms with Crippen molar-refractivity contribution < 1.29 is 9.53 Å². The van der Waals surface area contributed by atoms with Crippen LogP contribution >= 0.6 is 0 Å². The van der Waals surface area contributed by atoms with E-state index < -0.39 is 0 Å². The van der Waals surface area contributed by atoms with Crippen LogP contribution in [0.5, 0.6) is 5.75 Å². The molecule has 1 aromatic carbocycles. The molecule has 8 heteroatoms. The summed E-state index contributed by atoms with van der Waals surface area (Å²) in [4.78, 5) is 30.2. The molecule has 1 atom stereocenters. The quantitative estimate of drug-likeness (QED) is 0.276. The van der Waals surface area contributed by atoms with Crippen LogP contribution < -0.4 is 16.2 Å². The molecule has 8 nitrogen and oxygen atoms in total. The number of nitrogens with two attached hydrogens (primary N) is 2. The maximum Gasteiger partial charge on any atom is 0.244 e. The third-order valence-electron chi connectivity index (χ3n) is 9.94. The highest BCUT2D eigenvalue weighted by molar-refractivity contribution is 6.08. The standard InChI is InChI=1S/C38H50N6O2/c1-6-46-31-14-11-28(12-15-31)34-26(4)43-37(44-34)38(5)17-7-9-27(10-8-18-38)35-33(25(3)22-41-23-42-35)20-30(21-39)29-13-16-32(36(40)45)24(2)19-29/h11-16,20,23-24,27H,6-10,17-19,21-22,39H2,1-5H3,(H2,40,45)(H,43,44)/b30-20+. The van der Waals surface area contributed by atoms with Crippen LogP contribution in [-0.2, 0) is 10.2 Å². The Kier molecular flexibility index (Phi) is 10.6. The minimum absolute atomic E-state index is 0.0192. The molecular weight excluding hydrogens is 572 g/mol. The van der Waals surface area contributed by atoms with Gasteiger partial charge in [0, 0.05) is 34.7 Å². The van der Waals surface area contributed by atoms with Gasteiger partial charge in [0.15, 0.2) is 0 Å². The number of rotatable bonds is 9. The smallest absolute Gasteiger partial charge is 0.244 e. The van der Waals surface area contributed by atoms with Crippen molar-refractivity contribution >= 4 is 18.0 Å². The number of nitrogens with zero attached hydrogens (tertiary/aromatic N) is 3. The van der Waals surface area contributed by atoms with Crippen LogP contribution in [0.4, 0.5) is 0 Å². The molecule has 0 bridgehead atoms. The van der Waals surface area contributed by atoms with Crippen LogP contribution in [0, 0.1) is 18.8 Å². The predicted octanol–water partition coefficient (Wildman–Crippen LogP) is 7.07. The van der Waals surface area contributed by atoms with E-state index in [0.717, 1.165) is 95.9 Å². The Morgan fingerprint density at radius 1 is 1.13 bits per heavy atom. The first-order chi connectivity index (χ1) is 22.1. The third-order valence-corrected chi connectivity index (χ3v) is 9.94. The number of H-pyrrole nitrogens is 1. The molecule has 1 unspecified atom stereocenters. The molecule has 1 amide bonds. The molecule has 5 N–H and O–H groups in total. The van der Waals surface area contributed by atoms with Crippen molar-refractivity contribution in [1.82, 2.24) is 9.97 Å². The number of ether oxygens (including phenoxy) is 1. The fourth-order valence-corrected chi connectivity index (χ4v) is 7.22. The first-order valence-corrected chi connectivity index (χ1v) is 16.8. The molecule has 1 fully saturated rings. The number of amides is 1. The second-order valence-corrected chi connectivity index (χ2v) is 13.4. The molecule has 1 saturated carbocycles. The molecule has 1 aliphatic heterocycles. The molecule has 0 saturated heterocycles. The second kappa shape index (κ2) is 14.6. The highest BCUT2D eigenvalue weighted by Crippen LogP contribution is 2.40. The lowest BCUT2D eigenvalue weighted by atomic mass is 9.73. The number of benzene rings is 1. The van der Waals surface area contributed by atoms with Gasteiger partial charge in [-0.25, -0.2) is 9.98 Å². The summed E-state index contributed by atoms with van der Waals surface area (Å²) in [5, 5.41) is 0. The molecule has 46 heavy (non-hydrogen) atoms. The Hall–Kier alpha value is -4.04. The van der Waals surface area contributed by atoms with E-state index in [1.165, 1.54) is 5.57 Å². The van der Waals surface area contributed by atoms with E-state index in [1.54, 1.807) is 6.34 Å². The van der Waals surface area contributed by atoms with E-state index >= 15 is 0 Å². The van der Waals surface area contributed by atoms with Gasteiger partial charge in [-0.2, -0.15) is 0 Å². The monoisotopic (exact) mass is 622 g/mol. The Labute approximate surface area is 273 Å².